The molecule has 0 bridgehead atoms. The maximum absolute atomic E-state index is 12.6. The van der Waals surface area contributed by atoms with Crippen molar-refractivity contribution in [3.63, 3.8) is 0 Å². The van der Waals surface area contributed by atoms with Gasteiger partial charge in [0.25, 0.3) is 5.91 Å². The van der Waals surface area contributed by atoms with Crippen LogP contribution < -0.4 is 14.8 Å². The third-order valence-electron chi connectivity index (χ3n) is 4.15. The van der Waals surface area contributed by atoms with E-state index >= 15 is 0 Å². The lowest BCUT2D eigenvalue weighted by Gasteiger charge is -2.15. The summed E-state index contributed by atoms with van der Waals surface area (Å²) in [6, 6.07) is 25.1. The van der Waals surface area contributed by atoms with Crippen LogP contribution in [0.25, 0.3) is 0 Å². The summed E-state index contributed by atoms with van der Waals surface area (Å²) in [4.78, 5) is 24.8. The Balaban J connectivity index is 1.53. The third kappa shape index (κ3) is 6.10. The maximum Gasteiger partial charge on any atom is 0.342 e. The van der Waals surface area contributed by atoms with Gasteiger partial charge in [-0.15, -0.1) is 0 Å². The Morgan fingerprint density at radius 3 is 2.13 bits per heavy atom. The van der Waals surface area contributed by atoms with Gasteiger partial charge in [-0.2, -0.15) is 0 Å². The van der Waals surface area contributed by atoms with Crippen LogP contribution >= 0.6 is 0 Å². The van der Waals surface area contributed by atoms with Gasteiger partial charge < -0.3 is 19.5 Å². The first-order valence-corrected chi connectivity index (χ1v) is 9.60. The Morgan fingerprint density at radius 2 is 1.40 bits per heavy atom. The van der Waals surface area contributed by atoms with Crippen LogP contribution in [-0.4, -0.2) is 31.2 Å². The van der Waals surface area contributed by atoms with Crippen molar-refractivity contribution in [1.29, 1.82) is 0 Å². The number of carbonyl (C=O) groups excluding carboxylic acids is 2. The van der Waals surface area contributed by atoms with Crippen molar-refractivity contribution in [2.24, 2.45) is 0 Å². The second kappa shape index (κ2) is 10.7. The first kappa shape index (κ1) is 20.9. The van der Waals surface area contributed by atoms with E-state index in [0.717, 1.165) is 5.75 Å². The standard InChI is InChI=1S/C24H23NO5/c1-18(23(26)25-19-10-4-2-5-11-19)30-24(27)21-14-8-9-15-22(21)29-17-16-28-20-12-6-3-7-13-20/h2-15,18H,16-17H2,1H3,(H,25,26)/t18-/m0/s1. The normalized spacial score (nSPS) is 11.2. The largest absolute Gasteiger partial charge is 0.490 e. The number of ether oxygens (including phenoxy) is 3. The quantitative estimate of drug-likeness (QED) is 0.424. The zero-order valence-corrected chi connectivity index (χ0v) is 16.6. The first-order chi connectivity index (χ1) is 14.6. The second-order valence-corrected chi connectivity index (χ2v) is 6.41. The summed E-state index contributed by atoms with van der Waals surface area (Å²) >= 11 is 0. The number of hydrogen-bond acceptors (Lipinski definition) is 5. The SMILES string of the molecule is C[C@H](OC(=O)c1ccccc1OCCOc1ccccc1)C(=O)Nc1ccccc1. The average molecular weight is 405 g/mol. The van der Waals surface area contributed by atoms with Crippen LogP contribution in [0.5, 0.6) is 11.5 Å². The van der Waals surface area contributed by atoms with Crippen molar-refractivity contribution in [3.8, 4) is 11.5 Å². The van der Waals surface area contributed by atoms with Crippen LogP contribution in [-0.2, 0) is 9.53 Å². The molecule has 0 saturated carbocycles. The number of carbonyl (C=O) groups is 2. The molecule has 1 N–H and O–H groups in total. The number of anilines is 1. The Morgan fingerprint density at radius 1 is 0.800 bits per heavy atom. The lowest BCUT2D eigenvalue weighted by molar-refractivity contribution is -0.123. The van der Waals surface area contributed by atoms with E-state index in [1.54, 1.807) is 48.5 Å². The molecule has 3 rings (SSSR count). The molecule has 0 unspecified atom stereocenters. The van der Waals surface area contributed by atoms with Crippen LogP contribution in [0.3, 0.4) is 0 Å². The molecule has 0 fully saturated rings. The molecule has 6 nitrogen and oxygen atoms in total. The zero-order chi connectivity index (χ0) is 21.2. The minimum Gasteiger partial charge on any atom is -0.490 e. The van der Waals surface area contributed by atoms with Crippen LogP contribution in [0.4, 0.5) is 5.69 Å². The molecule has 3 aromatic carbocycles. The van der Waals surface area contributed by atoms with Crippen LogP contribution in [0, 0.1) is 0 Å². The monoisotopic (exact) mass is 405 g/mol. The van der Waals surface area contributed by atoms with Crippen LogP contribution in [0.15, 0.2) is 84.9 Å². The van der Waals surface area contributed by atoms with E-state index in [1.807, 2.05) is 36.4 Å². The number of amides is 1. The van der Waals surface area contributed by atoms with E-state index in [4.69, 9.17) is 14.2 Å². The molecule has 0 aromatic heterocycles. The van der Waals surface area contributed by atoms with E-state index in [-0.39, 0.29) is 12.2 Å². The molecule has 3 aromatic rings. The molecule has 1 atom stereocenters. The molecule has 6 heteroatoms. The molecule has 154 valence electrons. The van der Waals surface area contributed by atoms with Gasteiger partial charge in [-0.05, 0) is 43.3 Å². The predicted octanol–water partition coefficient (Wildman–Crippen LogP) is 4.33. The summed E-state index contributed by atoms with van der Waals surface area (Å²) < 4.78 is 16.6. The Hall–Kier alpha value is -3.80. The number of hydrogen-bond donors (Lipinski definition) is 1. The van der Waals surface area contributed by atoms with E-state index < -0.39 is 18.0 Å². The van der Waals surface area contributed by atoms with Crippen molar-refractivity contribution in [2.75, 3.05) is 18.5 Å². The highest BCUT2D eigenvalue weighted by Gasteiger charge is 2.21. The summed E-state index contributed by atoms with van der Waals surface area (Å²) in [5, 5.41) is 2.71. The van der Waals surface area contributed by atoms with E-state index in [9.17, 15) is 9.59 Å². The van der Waals surface area contributed by atoms with Gasteiger partial charge in [0.15, 0.2) is 6.10 Å². The fourth-order valence-corrected chi connectivity index (χ4v) is 2.63. The average Bonchev–Trinajstić information content (AvgIpc) is 2.78. The van der Waals surface area contributed by atoms with Gasteiger partial charge in [-0.3, -0.25) is 4.79 Å². The predicted molar refractivity (Wildman–Crippen MR) is 114 cm³/mol. The first-order valence-electron chi connectivity index (χ1n) is 9.60. The van der Waals surface area contributed by atoms with Gasteiger partial charge in [-0.1, -0.05) is 48.5 Å². The smallest absolute Gasteiger partial charge is 0.342 e. The molecule has 0 aliphatic rings. The Kier molecular flexibility index (Phi) is 7.44. The Bertz CT molecular complexity index is 960. The van der Waals surface area contributed by atoms with Crippen molar-refractivity contribution in [1.82, 2.24) is 0 Å². The number of rotatable bonds is 9. The summed E-state index contributed by atoms with van der Waals surface area (Å²) in [5.41, 5.74) is 0.879. The molecular formula is C24H23NO5. The highest BCUT2D eigenvalue weighted by atomic mass is 16.6. The number of nitrogens with one attached hydrogen (secondary N) is 1. The molecule has 0 radical (unpaired) electrons. The van der Waals surface area contributed by atoms with Crippen LogP contribution in [0.2, 0.25) is 0 Å². The molecule has 0 aliphatic carbocycles. The molecule has 1 amide bonds. The van der Waals surface area contributed by atoms with Gasteiger partial charge in [0, 0.05) is 5.69 Å². The maximum atomic E-state index is 12.6. The van der Waals surface area contributed by atoms with E-state index in [2.05, 4.69) is 5.32 Å². The fourth-order valence-electron chi connectivity index (χ4n) is 2.63. The third-order valence-corrected chi connectivity index (χ3v) is 4.15. The number of para-hydroxylation sites is 3. The van der Waals surface area contributed by atoms with Crippen molar-refractivity contribution in [2.45, 2.75) is 13.0 Å². The van der Waals surface area contributed by atoms with Crippen molar-refractivity contribution in [3.05, 3.63) is 90.5 Å². The summed E-state index contributed by atoms with van der Waals surface area (Å²) in [6.45, 7) is 2.10. The summed E-state index contributed by atoms with van der Waals surface area (Å²) in [6.07, 6.45) is -0.966. The van der Waals surface area contributed by atoms with Gasteiger partial charge >= 0.3 is 5.97 Å². The molecule has 0 heterocycles. The minimum absolute atomic E-state index is 0.247. The molecule has 0 aliphatic heterocycles. The van der Waals surface area contributed by atoms with Crippen LogP contribution in [0.1, 0.15) is 17.3 Å². The highest BCUT2D eigenvalue weighted by Crippen LogP contribution is 2.20. The Labute approximate surface area is 175 Å². The number of benzene rings is 3. The minimum atomic E-state index is -0.966. The lowest BCUT2D eigenvalue weighted by Crippen LogP contribution is -2.30. The van der Waals surface area contributed by atoms with Gasteiger partial charge in [-0.25, -0.2) is 4.79 Å². The van der Waals surface area contributed by atoms with Gasteiger partial charge in [0.1, 0.15) is 30.3 Å². The molecule has 0 saturated heterocycles. The van der Waals surface area contributed by atoms with Crippen molar-refractivity contribution < 1.29 is 23.8 Å². The second-order valence-electron chi connectivity index (χ2n) is 6.41. The summed E-state index contributed by atoms with van der Waals surface area (Å²) in [5.74, 6) is 0.0661. The fraction of sp³-hybridized carbons (Fsp3) is 0.167. The molecule has 0 spiro atoms. The molecular weight excluding hydrogens is 382 g/mol. The van der Waals surface area contributed by atoms with Gasteiger partial charge in [0.2, 0.25) is 0 Å². The molecule has 30 heavy (non-hydrogen) atoms. The zero-order valence-electron chi connectivity index (χ0n) is 16.6. The van der Waals surface area contributed by atoms with Crippen molar-refractivity contribution >= 4 is 17.6 Å². The van der Waals surface area contributed by atoms with E-state index in [1.165, 1.54) is 6.92 Å². The van der Waals surface area contributed by atoms with E-state index in [0.29, 0.717) is 18.0 Å². The number of esters is 1. The lowest BCUT2D eigenvalue weighted by atomic mass is 10.2. The highest BCUT2D eigenvalue weighted by molar-refractivity contribution is 5.98. The van der Waals surface area contributed by atoms with Gasteiger partial charge in [0.05, 0.1) is 0 Å². The summed E-state index contributed by atoms with van der Waals surface area (Å²) in [7, 11) is 0. The topological polar surface area (TPSA) is 73.9 Å².